The number of fused-ring (bicyclic) bond motifs is 1. The van der Waals surface area contributed by atoms with Crippen LogP contribution in [0, 0.1) is 0 Å². The zero-order chi connectivity index (χ0) is 15.6. The summed E-state index contributed by atoms with van der Waals surface area (Å²) in [6.07, 6.45) is 1.48. The van der Waals surface area contributed by atoms with E-state index in [0.29, 0.717) is 19.5 Å². The molecule has 0 saturated heterocycles. The minimum absolute atomic E-state index is 0.146. The molecule has 1 aromatic rings. The van der Waals surface area contributed by atoms with Crippen LogP contribution in [0.5, 0.6) is 0 Å². The number of aromatic nitrogens is 1. The molecule has 7 heteroatoms. The monoisotopic (exact) mass is 293 g/mol. The average Bonchev–Trinajstić information content (AvgIpc) is 2.35. The largest absolute Gasteiger partial charge is 0.478 e. The van der Waals surface area contributed by atoms with E-state index in [2.05, 4.69) is 10.4 Å². The number of carboxylic acids is 1. The van der Waals surface area contributed by atoms with Gasteiger partial charge in [-0.15, -0.1) is 0 Å². The van der Waals surface area contributed by atoms with Gasteiger partial charge in [-0.3, -0.25) is 10.4 Å². The SMILES string of the molecule is CC(C)(C)OC(=O)NN1CCc2ncc(C(=O)O)cc2C1. The summed E-state index contributed by atoms with van der Waals surface area (Å²) in [5.74, 6) is -1.01. The molecule has 2 rings (SSSR count). The van der Waals surface area contributed by atoms with Crippen LogP contribution in [-0.2, 0) is 17.7 Å². The first-order valence-corrected chi connectivity index (χ1v) is 6.70. The topological polar surface area (TPSA) is 91.8 Å². The van der Waals surface area contributed by atoms with E-state index in [1.165, 1.54) is 6.20 Å². The Labute approximate surface area is 122 Å². The third-order valence-electron chi connectivity index (χ3n) is 2.93. The molecule has 0 saturated carbocycles. The Bertz CT molecular complexity index is 566. The van der Waals surface area contributed by atoms with Crippen molar-refractivity contribution >= 4 is 12.1 Å². The highest BCUT2D eigenvalue weighted by Gasteiger charge is 2.22. The lowest BCUT2D eigenvalue weighted by molar-refractivity contribution is 0.0304. The molecular formula is C14H19N3O4. The Morgan fingerprint density at radius 3 is 2.76 bits per heavy atom. The quantitative estimate of drug-likeness (QED) is 0.860. The van der Waals surface area contributed by atoms with Crippen LogP contribution in [0.15, 0.2) is 12.3 Å². The summed E-state index contributed by atoms with van der Waals surface area (Å²) in [7, 11) is 0. The molecule has 1 amide bonds. The van der Waals surface area contributed by atoms with E-state index in [9.17, 15) is 9.59 Å². The molecule has 0 unspecified atom stereocenters. The van der Waals surface area contributed by atoms with E-state index in [1.807, 2.05) is 0 Å². The Kier molecular flexibility index (Phi) is 4.13. The molecule has 0 radical (unpaired) electrons. The van der Waals surface area contributed by atoms with Crippen molar-refractivity contribution in [2.24, 2.45) is 0 Å². The number of nitrogens with one attached hydrogen (secondary N) is 1. The molecule has 7 nitrogen and oxygen atoms in total. The summed E-state index contributed by atoms with van der Waals surface area (Å²) in [4.78, 5) is 26.9. The van der Waals surface area contributed by atoms with Gasteiger partial charge in [0.15, 0.2) is 0 Å². The maximum Gasteiger partial charge on any atom is 0.422 e. The smallest absolute Gasteiger partial charge is 0.422 e. The first kappa shape index (κ1) is 15.2. The lowest BCUT2D eigenvalue weighted by Crippen LogP contribution is -2.47. The van der Waals surface area contributed by atoms with Crippen LogP contribution >= 0.6 is 0 Å². The number of hydrogen-bond donors (Lipinski definition) is 2. The van der Waals surface area contributed by atoms with Gasteiger partial charge < -0.3 is 9.84 Å². The first-order valence-electron chi connectivity index (χ1n) is 6.70. The second-order valence-electron chi connectivity index (χ2n) is 5.92. The highest BCUT2D eigenvalue weighted by Crippen LogP contribution is 2.17. The molecule has 2 N–H and O–H groups in total. The molecule has 21 heavy (non-hydrogen) atoms. The standard InChI is InChI=1S/C14H19N3O4/c1-14(2,3)21-13(20)16-17-5-4-11-10(8-17)6-9(7-15-11)12(18)19/h6-7H,4-5,8H2,1-3H3,(H,16,20)(H,18,19). The van der Waals surface area contributed by atoms with E-state index < -0.39 is 17.7 Å². The summed E-state index contributed by atoms with van der Waals surface area (Å²) in [6.45, 7) is 6.39. The highest BCUT2D eigenvalue weighted by atomic mass is 16.6. The van der Waals surface area contributed by atoms with Gasteiger partial charge in [-0.2, -0.15) is 0 Å². The Morgan fingerprint density at radius 2 is 2.14 bits per heavy atom. The molecule has 1 aromatic heterocycles. The van der Waals surface area contributed by atoms with Gasteiger partial charge in [0.1, 0.15) is 5.60 Å². The number of carbonyl (C=O) groups is 2. The highest BCUT2D eigenvalue weighted by molar-refractivity contribution is 5.87. The maximum atomic E-state index is 11.7. The number of carbonyl (C=O) groups excluding carboxylic acids is 1. The zero-order valence-electron chi connectivity index (χ0n) is 12.3. The van der Waals surface area contributed by atoms with Gasteiger partial charge in [0.2, 0.25) is 0 Å². The molecule has 1 aliphatic heterocycles. The fraction of sp³-hybridized carbons (Fsp3) is 0.500. The van der Waals surface area contributed by atoms with Crippen LogP contribution < -0.4 is 5.43 Å². The average molecular weight is 293 g/mol. The fourth-order valence-corrected chi connectivity index (χ4v) is 2.07. The van der Waals surface area contributed by atoms with Crippen LogP contribution in [0.4, 0.5) is 4.79 Å². The Morgan fingerprint density at radius 1 is 1.43 bits per heavy atom. The van der Waals surface area contributed by atoms with Crippen molar-refractivity contribution in [2.75, 3.05) is 6.54 Å². The summed E-state index contributed by atoms with van der Waals surface area (Å²) < 4.78 is 5.19. The number of hydrazine groups is 1. The number of pyridine rings is 1. The van der Waals surface area contributed by atoms with E-state index in [-0.39, 0.29) is 5.56 Å². The Hall–Kier alpha value is -2.15. The van der Waals surface area contributed by atoms with Gasteiger partial charge >= 0.3 is 12.1 Å². The second-order valence-corrected chi connectivity index (χ2v) is 5.92. The van der Waals surface area contributed by atoms with E-state index >= 15 is 0 Å². The van der Waals surface area contributed by atoms with Crippen molar-refractivity contribution < 1.29 is 19.4 Å². The summed E-state index contributed by atoms with van der Waals surface area (Å²) >= 11 is 0. The van der Waals surface area contributed by atoms with Crippen molar-refractivity contribution in [3.63, 3.8) is 0 Å². The number of aromatic carboxylic acids is 1. The van der Waals surface area contributed by atoms with Gasteiger partial charge in [-0.25, -0.2) is 14.6 Å². The van der Waals surface area contributed by atoms with Crippen LogP contribution in [0.3, 0.4) is 0 Å². The number of hydrogen-bond acceptors (Lipinski definition) is 5. The van der Waals surface area contributed by atoms with Gasteiger partial charge in [0.05, 0.1) is 5.56 Å². The molecule has 1 aliphatic rings. The van der Waals surface area contributed by atoms with Crippen LogP contribution in [-0.4, -0.2) is 39.3 Å². The predicted octanol–water partition coefficient (Wildman–Crippen LogP) is 1.58. The van der Waals surface area contributed by atoms with Crippen molar-refractivity contribution in [3.05, 3.63) is 29.1 Å². The van der Waals surface area contributed by atoms with E-state index in [4.69, 9.17) is 9.84 Å². The van der Waals surface area contributed by atoms with Crippen LogP contribution in [0.25, 0.3) is 0 Å². The molecule has 0 atom stereocenters. The van der Waals surface area contributed by atoms with Crippen molar-refractivity contribution in [2.45, 2.75) is 39.3 Å². The van der Waals surface area contributed by atoms with Gasteiger partial charge in [-0.1, -0.05) is 0 Å². The number of ether oxygens (including phenoxy) is 1. The third-order valence-corrected chi connectivity index (χ3v) is 2.93. The normalized spacial score (nSPS) is 15.2. The molecular weight excluding hydrogens is 274 g/mol. The summed E-state index contributed by atoms with van der Waals surface area (Å²) in [5, 5.41) is 10.7. The van der Waals surface area contributed by atoms with E-state index in [1.54, 1.807) is 31.8 Å². The van der Waals surface area contributed by atoms with Crippen LogP contribution in [0.1, 0.15) is 42.4 Å². The molecule has 0 fully saturated rings. The first-order chi connectivity index (χ1) is 9.74. The van der Waals surface area contributed by atoms with Gasteiger partial charge in [0.25, 0.3) is 0 Å². The van der Waals surface area contributed by atoms with Gasteiger partial charge in [-0.05, 0) is 32.4 Å². The lowest BCUT2D eigenvalue weighted by Gasteiger charge is -2.29. The van der Waals surface area contributed by atoms with Crippen LogP contribution in [0.2, 0.25) is 0 Å². The number of nitrogens with zero attached hydrogens (tertiary/aromatic N) is 2. The molecule has 0 bridgehead atoms. The fourth-order valence-electron chi connectivity index (χ4n) is 2.07. The number of carboxylic acid groups (broad SMARTS) is 1. The minimum atomic E-state index is -1.01. The molecule has 0 spiro atoms. The molecule has 114 valence electrons. The minimum Gasteiger partial charge on any atom is -0.478 e. The predicted molar refractivity (Wildman–Crippen MR) is 74.7 cm³/mol. The van der Waals surface area contributed by atoms with Crippen molar-refractivity contribution in [3.8, 4) is 0 Å². The van der Waals surface area contributed by atoms with E-state index in [0.717, 1.165) is 11.3 Å². The maximum absolute atomic E-state index is 11.7. The van der Waals surface area contributed by atoms with Crippen molar-refractivity contribution in [1.29, 1.82) is 0 Å². The van der Waals surface area contributed by atoms with Gasteiger partial charge in [0, 0.05) is 31.4 Å². The molecule has 0 aliphatic carbocycles. The number of amides is 1. The third kappa shape index (κ3) is 4.16. The summed E-state index contributed by atoms with van der Waals surface area (Å²) in [6, 6.07) is 1.59. The lowest BCUT2D eigenvalue weighted by atomic mass is 10.0. The Balaban J connectivity index is 2.03. The molecule has 2 heterocycles. The molecule has 0 aromatic carbocycles. The number of rotatable bonds is 2. The second kappa shape index (κ2) is 5.69. The summed E-state index contributed by atoms with van der Waals surface area (Å²) in [5.41, 5.74) is 3.91. The zero-order valence-corrected chi connectivity index (χ0v) is 12.3. The van der Waals surface area contributed by atoms with Crippen molar-refractivity contribution in [1.82, 2.24) is 15.4 Å².